The van der Waals surface area contributed by atoms with E-state index in [1.54, 1.807) is 0 Å². The van der Waals surface area contributed by atoms with Crippen LogP contribution in [0.4, 0.5) is 0 Å². The fraction of sp³-hybridized carbons (Fsp3) is 0.938. The van der Waals surface area contributed by atoms with E-state index in [4.69, 9.17) is 18.6 Å². The average Bonchev–Trinajstić information content (AvgIpc) is 2.73. The Morgan fingerprint density at radius 3 is 2.32 bits per heavy atom. The van der Waals surface area contributed by atoms with Gasteiger partial charge in [0.15, 0.2) is 19.7 Å². The van der Waals surface area contributed by atoms with Gasteiger partial charge >= 0.3 is 5.97 Å². The Bertz CT molecular complexity index is 495. The summed E-state index contributed by atoms with van der Waals surface area (Å²) in [5.41, 5.74) is -0.849. The van der Waals surface area contributed by atoms with Crippen LogP contribution < -0.4 is 0 Å². The lowest BCUT2D eigenvalue weighted by Gasteiger charge is -2.44. The van der Waals surface area contributed by atoms with Crippen molar-refractivity contribution >= 4 is 14.3 Å². The van der Waals surface area contributed by atoms with Crippen molar-refractivity contribution in [3.8, 4) is 0 Å². The summed E-state index contributed by atoms with van der Waals surface area (Å²) in [4.78, 5) is 12.5. The normalized spacial score (nSPS) is 40.5. The van der Waals surface area contributed by atoms with Gasteiger partial charge in [0.05, 0.1) is 6.10 Å². The molecule has 22 heavy (non-hydrogen) atoms. The Morgan fingerprint density at radius 1 is 1.14 bits per heavy atom. The van der Waals surface area contributed by atoms with E-state index in [9.17, 15) is 4.79 Å². The summed E-state index contributed by atoms with van der Waals surface area (Å²) in [6, 6.07) is 0. The van der Waals surface area contributed by atoms with Crippen LogP contribution >= 0.6 is 0 Å². The molecule has 0 N–H and O–H groups in total. The van der Waals surface area contributed by atoms with Gasteiger partial charge < -0.3 is 18.6 Å². The first-order valence-corrected chi connectivity index (χ1v) is 11.0. The SMILES string of the molecule is CC1(C)O[C@H]2[C@H]3C[C@@](O[Si](C)(C)C(C)(C)C)(C[C@H]2O1)C(=O)O3. The van der Waals surface area contributed by atoms with Crippen molar-refractivity contribution in [1.82, 2.24) is 0 Å². The minimum atomic E-state index is -2.08. The number of rotatable bonds is 2. The van der Waals surface area contributed by atoms with Crippen molar-refractivity contribution in [1.29, 1.82) is 0 Å². The number of hydrogen-bond donors (Lipinski definition) is 0. The minimum Gasteiger partial charge on any atom is -0.457 e. The van der Waals surface area contributed by atoms with Gasteiger partial charge in [0.25, 0.3) is 0 Å². The summed E-state index contributed by atoms with van der Waals surface area (Å²) in [5.74, 6) is -0.855. The van der Waals surface area contributed by atoms with Crippen LogP contribution in [0.3, 0.4) is 0 Å². The molecule has 0 aromatic heterocycles. The minimum absolute atomic E-state index is 0.0449. The molecule has 4 atom stereocenters. The first-order chi connectivity index (χ1) is 9.85. The van der Waals surface area contributed by atoms with Gasteiger partial charge in [-0.05, 0) is 32.0 Å². The molecule has 0 aromatic carbocycles. The van der Waals surface area contributed by atoms with E-state index in [1.807, 2.05) is 13.8 Å². The number of carbonyl (C=O) groups is 1. The second-order valence-electron chi connectivity index (χ2n) is 8.85. The van der Waals surface area contributed by atoms with Crippen LogP contribution in [-0.4, -0.2) is 44.0 Å². The third-order valence-electron chi connectivity index (χ3n) is 5.54. The summed E-state index contributed by atoms with van der Waals surface area (Å²) >= 11 is 0. The lowest BCUT2D eigenvalue weighted by Crippen LogP contribution is -2.56. The van der Waals surface area contributed by atoms with Gasteiger partial charge in [-0.3, -0.25) is 0 Å². The molecule has 2 saturated heterocycles. The highest BCUT2D eigenvalue weighted by atomic mass is 28.4. The van der Waals surface area contributed by atoms with Crippen molar-refractivity contribution in [2.45, 2.75) is 95.3 Å². The highest BCUT2D eigenvalue weighted by Gasteiger charge is 2.65. The third kappa shape index (κ3) is 2.44. The molecule has 2 bridgehead atoms. The predicted molar refractivity (Wildman–Crippen MR) is 84.0 cm³/mol. The van der Waals surface area contributed by atoms with E-state index in [0.29, 0.717) is 12.8 Å². The van der Waals surface area contributed by atoms with Gasteiger partial charge in [0.1, 0.15) is 12.2 Å². The molecule has 0 radical (unpaired) electrons. The molecule has 2 heterocycles. The van der Waals surface area contributed by atoms with E-state index < -0.39 is 19.7 Å². The predicted octanol–water partition coefficient (Wildman–Crippen LogP) is 2.99. The molecule has 0 spiro atoms. The van der Waals surface area contributed by atoms with Crippen molar-refractivity contribution in [3.05, 3.63) is 0 Å². The number of ether oxygens (including phenoxy) is 3. The smallest absolute Gasteiger partial charge is 0.337 e. The molecule has 0 amide bonds. The Hall–Kier alpha value is -0.433. The highest BCUT2D eigenvalue weighted by molar-refractivity contribution is 6.74. The van der Waals surface area contributed by atoms with Gasteiger partial charge in [-0.2, -0.15) is 0 Å². The maximum absolute atomic E-state index is 12.5. The molecule has 1 aliphatic carbocycles. The van der Waals surface area contributed by atoms with Crippen LogP contribution in [-0.2, 0) is 23.4 Å². The molecule has 5 nitrogen and oxygen atoms in total. The molecular weight excluding hydrogens is 300 g/mol. The van der Waals surface area contributed by atoms with Crippen LogP contribution in [0.2, 0.25) is 18.1 Å². The Kier molecular flexibility index (Phi) is 3.40. The molecule has 2 aliphatic heterocycles. The van der Waals surface area contributed by atoms with Crippen molar-refractivity contribution in [3.63, 3.8) is 0 Å². The highest BCUT2D eigenvalue weighted by Crippen LogP contribution is 2.51. The monoisotopic (exact) mass is 328 g/mol. The summed E-state index contributed by atoms with van der Waals surface area (Å²) in [5, 5.41) is 0.0449. The van der Waals surface area contributed by atoms with E-state index in [2.05, 4.69) is 33.9 Å². The summed E-state index contributed by atoms with van der Waals surface area (Å²) < 4.78 is 24.1. The molecule has 6 heteroatoms. The fourth-order valence-corrected chi connectivity index (χ4v) is 5.01. The van der Waals surface area contributed by atoms with Crippen LogP contribution in [0.5, 0.6) is 0 Å². The zero-order chi connectivity index (χ0) is 16.6. The summed E-state index contributed by atoms with van der Waals surface area (Å²) in [7, 11) is -2.08. The Morgan fingerprint density at radius 2 is 1.73 bits per heavy atom. The molecular formula is C16H28O5Si. The third-order valence-corrected chi connectivity index (χ3v) is 10.1. The van der Waals surface area contributed by atoms with E-state index in [1.165, 1.54) is 0 Å². The van der Waals surface area contributed by atoms with Gasteiger partial charge in [-0.15, -0.1) is 0 Å². The van der Waals surface area contributed by atoms with Gasteiger partial charge in [-0.1, -0.05) is 20.8 Å². The van der Waals surface area contributed by atoms with E-state index in [-0.39, 0.29) is 29.3 Å². The number of hydrogen-bond acceptors (Lipinski definition) is 5. The molecule has 3 aliphatic rings. The van der Waals surface area contributed by atoms with Crippen LogP contribution in [0.1, 0.15) is 47.5 Å². The Balaban J connectivity index is 1.87. The summed E-state index contributed by atoms with van der Waals surface area (Å²) in [6.45, 7) is 14.7. The van der Waals surface area contributed by atoms with Crippen molar-refractivity contribution < 1.29 is 23.4 Å². The maximum Gasteiger partial charge on any atom is 0.337 e. The van der Waals surface area contributed by atoms with Crippen molar-refractivity contribution in [2.75, 3.05) is 0 Å². The zero-order valence-electron chi connectivity index (χ0n) is 14.7. The van der Waals surface area contributed by atoms with Crippen LogP contribution in [0, 0.1) is 0 Å². The average molecular weight is 328 g/mol. The molecule has 0 aromatic rings. The topological polar surface area (TPSA) is 54.0 Å². The lowest BCUT2D eigenvalue weighted by atomic mass is 9.82. The van der Waals surface area contributed by atoms with Gasteiger partial charge in [0, 0.05) is 12.8 Å². The quantitative estimate of drug-likeness (QED) is 0.576. The standard InChI is InChI=1S/C16H28O5Si/c1-14(2,3)22(6,7)21-16-8-10(18-13(16)17)12-11(9-16)19-15(4,5)20-12/h10-12H,8-9H2,1-7H3/t10-,11-,12+,16-/m1/s1. The molecule has 126 valence electrons. The first-order valence-electron chi connectivity index (χ1n) is 8.12. The van der Waals surface area contributed by atoms with Crippen molar-refractivity contribution in [2.24, 2.45) is 0 Å². The zero-order valence-corrected chi connectivity index (χ0v) is 15.7. The maximum atomic E-state index is 12.5. The largest absolute Gasteiger partial charge is 0.457 e. The molecule has 3 rings (SSSR count). The number of esters is 1. The van der Waals surface area contributed by atoms with Crippen LogP contribution in [0.15, 0.2) is 0 Å². The fourth-order valence-electron chi connectivity index (χ4n) is 3.47. The second kappa shape index (κ2) is 4.56. The van der Waals surface area contributed by atoms with E-state index in [0.717, 1.165) is 0 Å². The second-order valence-corrected chi connectivity index (χ2v) is 13.6. The number of carbonyl (C=O) groups excluding carboxylic acids is 1. The number of fused-ring (bicyclic) bond motifs is 4. The van der Waals surface area contributed by atoms with Gasteiger partial charge in [-0.25, -0.2) is 4.79 Å². The molecule has 0 unspecified atom stereocenters. The van der Waals surface area contributed by atoms with Gasteiger partial charge in [0.2, 0.25) is 0 Å². The lowest BCUT2D eigenvalue weighted by molar-refractivity contribution is -0.171. The molecule has 1 saturated carbocycles. The van der Waals surface area contributed by atoms with Crippen LogP contribution in [0.25, 0.3) is 0 Å². The Labute approximate surface area is 133 Å². The summed E-state index contributed by atoms with van der Waals surface area (Å²) in [6.07, 6.45) is 0.558. The first kappa shape index (κ1) is 16.4. The van der Waals surface area contributed by atoms with E-state index >= 15 is 0 Å². The molecule has 3 fully saturated rings.